The number of carbonyl (C=O) groups is 1. The lowest BCUT2D eigenvalue weighted by Crippen LogP contribution is -2.54. The summed E-state index contributed by atoms with van der Waals surface area (Å²) in [5.74, 6) is 3.38. The van der Waals surface area contributed by atoms with Gasteiger partial charge in [0, 0.05) is 23.7 Å². The van der Waals surface area contributed by atoms with E-state index in [-0.39, 0.29) is 22.3 Å². The van der Waals surface area contributed by atoms with Gasteiger partial charge in [0.1, 0.15) is 5.78 Å². The molecule has 4 aliphatic carbocycles. The van der Waals surface area contributed by atoms with Crippen LogP contribution in [-0.4, -0.2) is 16.7 Å². The second-order valence-corrected chi connectivity index (χ2v) is 10.2. The lowest BCUT2D eigenvalue weighted by atomic mass is 9.44. The van der Waals surface area contributed by atoms with Crippen LogP contribution in [0.5, 0.6) is 0 Å². The fourth-order valence-electron chi connectivity index (χ4n) is 8.09. The number of nitrogens with zero attached hydrogens (tertiary/aromatic N) is 1. The minimum atomic E-state index is -0.308. The molecule has 0 spiro atoms. The smallest absolute Gasteiger partial charge is 0.213 e. The molecule has 0 aromatic heterocycles. The van der Waals surface area contributed by atoms with Crippen LogP contribution >= 0.6 is 0 Å². The average Bonchev–Trinajstić information content (AvgIpc) is 2.91. The molecule has 0 bridgehead atoms. The van der Waals surface area contributed by atoms with Gasteiger partial charge in [0.05, 0.1) is 0 Å². The zero-order valence-corrected chi connectivity index (χ0v) is 16.0. The molecule has 4 fully saturated rings. The van der Waals surface area contributed by atoms with Gasteiger partial charge in [0.25, 0.3) is 0 Å². The zero-order chi connectivity index (χ0) is 18.0. The molecule has 4 nitrogen and oxygen atoms in total. The van der Waals surface area contributed by atoms with E-state index in [0.29, 0.717) is 23.0 Å². The van der Waals surface area contributed by atoms with E-state index in [4.69, 9.17) is 0 Å². The predicted molar refractivity (Wildman–Crippen MR) is 96.7 cm³/mol. The molecular formula is C21H33NO3. The van der Waals surface area contributed by atoms with Gasteiger partial charge in [-0.3, -0.25) is 14.9 Å². The van der Waals surface area contributed by atoms with Gasteiger partial charge in [0.2, 0.25) is 6.04 Å². The first-order valence-electron chi connectivity index (χ1n) is 10.4. The van der Waals surface area contributed by atoms with Crippen LogP contribution in [0.2, 0.25) is 0 Å². The Bertz CT molecular complexity index is 590. The summed E-state index contributed by atoms with van der Waals surface area (Å²) in [5, 5.41) is 11.3. The lowest BCUT2D eigenvalue weighted by molar-refractivity contribution is -0.531. The summed E-state index contributed by atoms with van der Waals surface area (Å²) in [6.45, 7) is 6.64. The summed E-state index contributed by atoms with van der Waals surface area (Å²) < 4.78 is 0. The van der Waals surface area contributed by atoms with E-state index in [2.05, 4.69) is 13.8 Å². The highest BCUT2D eigenvalue weighted by Crippen LogP contribution is 2.67. The zero-order valence-electron chi connectivity index (χ0n) is 16.0. The second kappa shape index (κ2) is 5.79. The Morgan fingerprint density at radius 3 is 2.32 bits per heavy atom. The van der Waals surface area contributed by atoms with Gasteiger partial charge in [-0.1, -0.05) is 13.8 Å². The minimum absolute atomic E-state index is 0.0297. The standard InChI is InChI=1S/C21H33NO3/c1-13(23)17-6-7-18-16-5-4-14-12-15(22(24)25)8-10-20(14,2)19(16)9-11-21(17,18)3/h14-19H,4-12H2,1-3H3/t14-,15?,16?,17?,18?,19?,20?,21+/m0/s1. The molecule has 0 heterocycles. The summed E-state index contributed by atoms with van der Waals surface area (Å²) in [6.07, 6.45) is 9.72. The van der Waals surface area contributed by atoms with Crippen LogP contribution in [0.4, 0.5) is 0 Å². The second-order valence-electron chi connectivity index (χ2n) is 10.2. The highest BCUT2D eigenvalue weighted by molar-refractivity contribution is 5.79. The molecule has 0 aliphatic heterocycles. The van der Waals surface area contributed by atoms with E-state index < -0.39 is 0 Å². The Hall–Kier alpha value is -0.930. The third-order valence-electron chi connectivity index (χ3n) is 9.43. The molecule has 6 unspecified atom stereocenters. The molecule has 4 saturated carbocycles. The van der Waals surface area contributed by atoms with Gasteiger partial charge >= 0.3 is 0 Å². The molecular weight excluding hydrogens is 314 g/mol. The molecule has 8 atom stereocenters. The van der Waals surface area contributed by atoms with Crippen molar-refractivity contribution in [1.82, 2.24) is 0 Å². The third kappa shape index (κ3) is 2.42. The maximum Gasteiger partial charge on any atom is 0.213 e. The molecule has 0 aromatic rings. The highest BCUT2D eigenvalue weighted by atomic mass is 16.6. The fraction of sp³-hybridized carbons (Fsp3) is 0.952. The molecule has 4 rings (SSSR count). The number of carbonyl (C=O) groups excluding carboxylic acids is 1. The van der Waals surface area contributed by atoms with E-state index in [9.17, 15) is 14.9 Å². The van der Waals surface area contributed by atoms with Crippen molar-refractivity contribution < 1.29 is 9.72 Å². The number of hydrogen-bond acceptors (Lipinski definition) is 3. The van der Waals surface area contributed by atoms with Crippen LogP contribution in [0.25, 0.3) is 0 Å². The number of hydrogen-bond donors (Lipinski definition) is 0. The van der Waals surface area contributed by atoms with Crippen molar-refractivity contribution in [1.29, 1.82) is 0 Å². The number of ketones is 1. The Morgan fingerprint density at radius 2 is 1.64 bits per heavy atom. The topological polar surface area (TPSA) is 60.2 Å². The van der Waals surface area contributed by atoms with Crippen LogP contribution in [-0.2, 0) is 4.79 Å². The van der Waals surface area contributed by atoms with E-state index in [0.717, 1.165) is 37.5 Å². The van der Waals surface area contributed by atoms with Gasteiger partial charge in [-0.25, -0.2) is 0 Å². The summed E-state index contributed by atoms with van der Waals surface area (Å²) >= 11 is 0. The first kappa shape index (κ1) is 17.5. The Kier molecular flexibility index (Phi) is 4.05. The van der Waals surface area contributed by atoms with Gasteiger partial charge in [-0.15, -0.1) is 0 Å². The van der Waals surface area contributed by atoms with Gasteiger partial charge in [0.15, 0.2) is 0 Å². The fourth-order valence-corrected chi connectivity index (χ4v) is 8.09. The number of rotatable bonds is 2. The molecule has 0 N–H and O–H groups in total. The van der Waals surface area contributed by atoms with Crippen molar-refractivity contribution in [3.63, 3.8) is 0 Å². The van der Waals surface area contributed by atoms with E-state index in [1.165, 1.54) is 32.1 Å². The number of fused-ring (bicyclic) bond motifs is 5. The van der Waals surface area contributed by atoms with Crippen LogP contribution in [0, 0.1) is 50.5 Å². The number of Topliss-reactive ketones (excluding diaryl/α,β-unsaturated/α-hetero) is 1. The minimum Gasteiger partial charge on any atom is -0.300 e. The summed E-state index contributed by atoms with van der Waals surface area (Å²) in [7, 11) is 0. The first-order valence-corrected chi connectivity index (χ1v) is 10.4. The molecule has 0 amide bonds. The number of nitro groups is 1. The van der Waals surface area contributed by atoms with Crippen molar-refractivity contribution >= 4 is 5.78 Å². The van der Waals surface area contributed by atoms with Gasteiger partial charge in [-0.05, 0) is 86.4 Å². The van der Waals surface area contributed by atoms with Gasteiger partial charge < -0.3 is 0 Å². The predicted octanol–water partition coefficient (Wildman–Crippen LogP) is 4.88. The molecule has 140 valence electrons. The van der Waals surface area contributed by atoms with Crippen LogP contribution in [0.3, 0.4) is 0 Å². The maximum absolute atomic E-state index is 12.2. The molecule has 4 heteroatoms. The lowest BCUT2D eigenvalue weighted by Gasteiger charge is -2.60. The highest BCUT2D eigenvalue weighted by Gasteiger charge is 2.61. The molecule has 0 saturated heterocycles. The SMILES string of the molecule is CC(=O)C1CCC2C3CC[C@H]4CC([N+](=O)[O-])CCC4(C)C3CC[C@]12C. The van der Waals surface area contributed by atoms with E-state index >= 15 is 0 Å². The Morgan fingerprint density at radius 1 is 0.960 bits per heavy atom. The Labute approximate surface area is 151 Å². The third-order valence-corrected chi connectivity index (χ3v) is 9.43. The Balaban J connectivity index is 1.58. The van der Waals surface area contributed by atoms with Crippen LogP contribution in [0.15, 0.2) is 0 Å². The van der Waals surface area contributed by atoms with E-state index in [1.807, 2.05) is 0 Å². The van der Waals surface area contributed by atoms with Crippen molar-refractivity contribution in [3.8, 4) is 0 Å². The van der Waals surface area contributed by atoms with Gasteiger partial charge in [-0.2, -0.15) is 0 Å². The van der Waals surface area contributed by atoms with Crippen LogP contribution in [0.1, 0.15) is 78.6 Å². The maximum atomic E-state index is 12.2. The van der Waals surface area contributed by atoms with Crippen molar-refractivity contribution in [2.75, 3.05) is 0 Å². The molecule has 0 radical (unpaired) electrons. The van der Waals surface area contributed by atoms with Crippen molar-refractivity contribution in [2.45, 2.75) is 84.6 Å². The summed E-state index contributed by atoms with van der Waals surface area (Å²) in [6, 6.07) is -0.308. The summed E-state index contributed by atoms with van der Waals surface area (Å²) in [4.78, 5) is 23.4. The molecule has 0 aromatic carbocycles. The average molecular weight is 347 g/mol. The normalized spacial score (nSPS) is 52.0. The molecule has 4 aliphatic rings. The van der Waals surface area contributed by atoms with Crippen molar-refractivity contribution in [3.05, 3.63) is 10.1 Å². The largest absolute Gasteiger partial charge is 0.300 e. The first-order chi connectivity index (χ1) is 11.8. The molecule has 25 heavy (non-hydrogen) atoms. The monoisotopic (exact) mass is 347 g/mol. The van der Waals surface area contributed by atoms with E-state index in [1.54, 1.807) is 6.92 Å². The van der Waals surface area contributed by atoms with Crippen LogP contribution < -0.4 is 0 Å². The summed E-state index contributed by atoms with van der Waals surface area (Å²) in [5.41, 5.74) is 0.513. The van der Waals surface area contributed by atoms with Crippen molar-refractivity contribution in [2.24, 2.45) is 40.4 Å². The quantitative estimate of drug-likeness (QED) is 0.528.